The minimum Gasteiger partial charge on any atom is -0.497 e. The van der Waals surface area contributed by atoms with Gasteiger partial charge in [-0.3, -0.25) is 0 Å². The van der Waals surface area contributed by atoms with Gasteiger partial charge in [-0.1, -0.05) is 70.2 Å². The van der Waals surface area contributed by atoms with Crippen LogP contribution in [0.5, 0.6) is 11.5 Å². The maximum atomic E-state index is 7.07. The number of methoxy groups -OCH3 is 3. The second kappa shape index (κ2) is 13.0. The fourth-order valence-electron chi connectivity index (χ4n) is 6.08. The molecule has 2 aromatic carbocycles. The summed E-state index contributed by atoms with van der Waals surface area (Å²) in [6, 6.07) is 12.6. The molecule has 0 saturated carbocycles. The summed E-state index contributed by atoms with van der Waals surface area (Å²) in [5, 5.41) is 0.843. The third-order valence-corrected chi connectivity index (χ3v) is 9.41. The number of anilines is 1. The number of hydrogen-bond acceptors (Lipinski definition) is 4. The summed E-state index contributed by atoms with van der Waals surface area (Å²) in [6.07, 6.45) is 11.7. The van der Waals surface area contributed by atoms with Crippen molar-refractivity contribution < 1.29 is 14.2 Å². The Balaban J connectivity index is 1.64. The molecule has 1 aliphatic carbocycles. The normalized spacial score (nSPS) is 18.7. The lowest BCUT2D eigenvalue weighted by Crippen LogP contribution is -2.28. The van der Waals surface area contributed by atoms with Crippen molar-refractivity contribution in [2.45, 2.75) is 64.7 Å². The molecule has 1 aliphatic heterocycles. The Kier molecular flexibility index (Phi) is 9.80. The maximum Gasteiger partial charge on any atom is 0.119 e. The van der Waals surface area contributed by atoms with Gasteiger partial charge in [0.25, 0.3) is 0 Å². The number of fused-ring (bicyclic) bond motifs is 1. The van der Waals surface area contributed by atoms with Crippen LogP contribution < -0.4 is 14.4 Å². The van der Waals surface area contributed by atoms with Crippen LogP contribution in [0.3, 0.4) is 0 Å². The van der Waals surface area contributed by atoms with Gasteiger partial charge in [-0.25, -0.2) is 0 Å². The highest BCUT2D eigenvalue weighted by Gasteiger charge is 2.40. The molecule has 0 amide bonds. The Morgan fingerprint density at radius 3 is 2.40 bits per heavy atom. The van der Waals surface area contributed by atoms with Crippen molar-refractivity contribution in [1.82, 2.24) is 0 Å². The van der Waals surface area contributed by atoms with E-state index >= 15 is 0 Å². The summed E-state index contributed by atoms with van der Waals surface area (Å²) in [7, 11) is 5.17. The Morgan fingerprint density at radius 1 is 1.02 bits per heavy atom. The van der Waals surface area contributed by atoms with Crippen LogP contribution in [0, 0.1) is 6.92 Å². The third kappa shape index (κ3) is 6.26. The van der Waals surface area contributed by atoms with Crippen molar-refractivity contribution in [2.75, 3.05) is 39.4 Å². The summed E-state index contributed by atoms with van der Waals surface area (Å²) in [5.41, 5.74) is 9.02. The fraction of sp³-hybridized carbons (Fsp3) is 0.405. The topological polar surface area (TPSA) is 30.9 Å². The molecule has 0 atom stereocenters. The smallest absolute Gasteiger partial charge is 0.119 e. The highest BCUT2D eigenvalue weighted by molar-refractivity contribution is 6.32. The van der Waals surface area contributed by atoms with E-state index in [0.717, 1.165) is 53.5 Å². The second-order valence-electron chi connectivity index (χ2n) is 12.3. The molecule has 4 rings (SSSR count). The average Bonchev–Trinajstić information content (AvgIpc) is 3.19. The van der Waals surface area contributed by atoms with E-state index in [2.05, 4.69) is 94.7 Å². The Labute approximate surface area is 258 Å². The number of aryl methyl sites for hydroxylation is 1. The van der Waals surface area contributed by atoms with E-state index < -0.39 is 0 Å². The van der Waals surface area contributed by atoms with Gasteiger partial charge >= 0.3 is 0 Å². The van der Waals surface area contributed by atoms with E-state index in [1.54, 1.807) is 21.3 Å². The molecular formula is C37H46ClNO3. The number of rotatable bonds is 10. The molecule has 0 aromatic heterocycles. The summed E-state index contributed by atoms with van der Waals surface area (Å²) in [4.78, 5) is 2.36. The van der Waals surface area contributed by atoms with Crippen molar-refractivity contribution in [3.05, 3.63) is 111 Å². The second-order valence-corrected chi connectivity index (χ2v) is 12.6. The third-order valence-electron chi connectivity index (χ3n) is 8.92. The van der Waals surface area contributed by atoms with Gasteiger partial charge in [-0.2, -0.15) is 0 Å². The van der Waals surface area contributed by atoms with Crippen molar-refractivity contribution >= 4 is 17.3 Å². The Hall–Kier alpha value is -3.21. The van der Waals surface area contributed by atoms with Crippen LogP contribution in [-0.4, -0.2) is 34.5 Å². The predicted octanol–water partition coefficient (Wildman–Crippen LogP) is 9.33. The molecule has 0 fully saturated rings. The van der Waals surface area contributed by atoms with Gasteiger partial charge in [0.15, 0.2) is 0 Å². The van der Waals surface area contributed by atoms with E-state index in [9.17, 15) is 0 Å². The molecule has 4 nitrogen and oxygen atoms in total. The van der Waals surface area contributed by atoms with Crippen molar-refractivity contribution in [3.8, 4) is 11.5 Å². The van der Waals surface area contributed by atoms with Gasteiger partial charge in [0, 0.05) is 40.9 Å². The van der Waals surface area contributed by atoms with E-state index in [1.807, 2.05) is 12.1 Å². The lowest BCUT2D eigenvalue weighted by molar-refractivity contribution is 0.206. The first kappa shape index (κ1) is 31.7. The molecule has 2 aliphatic rings. The first-order valence-electron chi connectivity index (χ1n) is 14.7. The minimum atomic E-state index is -0.253. The molecule has 42 heavy (non-hydrogen) atoms. The van der Waals surface area contributed by atoms with Crippen molar-refractivity contribution in [3.63, 3.8) is 0 Å². The monoisotopic (exact) mass is 587 g/mol. The number of nitrogens with zero attached hydrogens (tertiary/aromatic N) is 1. The molecule has 224 valence electrons. The largest absolute Gasteiger partial charge is 0.497 e. The van der Waals surface area contributed by atoms with Crippen molar-refractivity contribution in [2.24, 2.45) is 0 Å². The van der Waals surface area contributed by atoms with Gasteiger partial charge in [-0.05, 0) is 96.0 Å². The van der Waals surface area contributed by atoms with Crippen LogP contribution >= 0.6 is 11.6 Å². The number of halogens is 1. The lowest BCUT2D eigenvalue weighted by Gasteiger charge is -2.29. The number of allylic oxidation sites excluding steroid dienone is 9. The van der Waals surface area contributed by atoms with E-state index in [0.29, 0.717) is 6.61 Å². The van der Waals surface area contributed by atoms with E-state index in [-0.39, 0.29) is 10.8 Å². The molecule has 2 aromatic rings. The molecule has 0 radical (unpaired) electrons. The maximum absolute atomic E-state index is 7.07. The van der Waals surface area contributed by atoms with Gasteiger partial charge in [0.2, 0.25) is 0 Å². The zero-order valence-corrected chi connectivity index (χ0v) is 27.3. The van der Waals surface area contributed by atoms with Crippen LogP contribution in [0.1, 0.15) is 63.6 Å². The minimum absolute atomic E-state index is 0.191. The molecule has 0 bridgehead atoms. The molecular weight excluding hydrogens is 542 g/mol. The van der Waals surface area contributed by atoms with Crippen LogP contribution in [0.4, 0.5) is 5.69 Å². The fourth-order valence-corrected chi connectivity index (χ4v) is 6.39. The molecule has 5 heteroatoms. The van der Waals surface area contributed by atoms with Crippen LogP contribution in [-0.2, 0) is 15.6 Å². The molecule has 0 saturated heterocycles. The zero-order valence-electron chi connectivity index (χ0n) is 26.6. The zero-order chi connectivity index (χ0) is 30.7. The highest BCUT2D eigenvalue weighted by Crippen LogP contribution is 2.49. The van der Waals surface area contributed by atoms with Crippen molar-refractivity contribution in [1.29, 1.82) is 0 Å². The summed E-state index contributed by atoms with van der Waals surface area (Å²) in [6.45, 7) is 17.0. The summed E-state index contributed by atoms with van der Waals surface area (Å²) >= 11 is 7.07. The molecule has 0 N–H and O–H groups in total. The van der Waals surface area contributed by atoms with Gasteiger partial charge in [-0.15, -0.1) is 0 Å². The van der Waals surface area contributed by atoms with E-state index in [1.165, 1.54) is 33.6 Å². The van der Waals surface area contributed by atoms with Gasteiger partial charge < -0.3 is 19.1 Å². The van der Waals surface area contributed by atoms with Crippen LogP contribution in [0.2, 0.25) is 0 Å². The Morgan fingerprint density at radius 2 is 1.71 bits per heavy atom. The average molecular weight is 588 g/mol. The molecule has 0 spiro atoms. The Bertz CT molecular complexity index is 1460. The summed E-state index contributed by atoms with van der Waals surface area (Å²) in [5.74, 6) is 1.73. The lowest BCUT2D eigenvalue weighted by atomic mass is 9.76. The standard InChI is InChI=1S/C37H46ClNO3/c1-25-13-17-29(41-8)23-31(25)36(3,4)26(2)14-15-27-11-10-12-28(35(27)38)16-20-34-37(5,6)32-24-30(42-9)18-19-33(32)39(34)21-22-40-7/h13-20,23-24H,2,10-12,21-22H2,1,3-9H3/b15-14+,28-16+,34-20+. The SMILES string of the molecule is C=C(/C=C/C1=C(Cl)C(=C/C=C2/N(CCOC)c3ccc(OC)cc3C2(C)C)/CCC1)C(C)(C)c1cc(OC)ccc1C. The summed E-state index contributed by atoms with van der Waals surface area (Å²) < 4.78 is 16.5. The van der Waals surface area contributed by atoms with Gasteiger partial charge in [0.05, 0.1) is 20.8 Å². The number of hydrogen-bond donors (Lipinski definition) is 0. The first-order valence-corrected chi connectivity index (χ1v) is 15.1. The highest BCUT2D eigenvalue weighted by atomic mass is 35.5. The molecule has 0 unspecified atom stereocenters. The predicted molar refractivity (Wildman–Crippen MR) is 177 cm³/mol. The number of ether oxygens (including phenoxy) is 3. The van der Waals surface area contributed by atoms with Crippen LogP contribution in [0.15, 0.2) is 94.7 Å². The quantitative estimate of drug-likeness (QED) is 0.259. The van der Waals surface area contributed by atoms with E-state index in [4.69, 9.17) is 25.8 Å². The first-order chi connectivity index (χ1) is 19.9. The molecule has 1 heterocycles. The van der Waals surface area contributed by atoms with Gasteiger partial charge in [0.1, 0.15) is 11.5 Å². The number of benzene rings is 2. The van der Waals surface area contributed by atoms with Crippen LogP contribution in [0.25, 0.3) is 0 Å².